The van der Waals surface area contributed by atoms with Crippen LogP contribution in [0.1, 0.15) is 13.8 Å². The molecule has 0 aromatic rings. The summed E-state index contributed by atoms with van der Waals surface area (Å²) in [5, 5.41) is 0. The molecule has 0 aromatic heterocycles. The van der Waals surface area contributed by atoms with Gasteiger partial charge in [-0.25, -0.2) is 0 Å². The van der Waals surface area contributed by atoms with Gasteiger partial charge in [0, 0.05) is 10.2 Å². The van der Waals surface area contributed by atoms with Gasteiger partial charge in [0.1, 0.15) is 5.78 Å². The van der Waals surface area contributed by atoms with Gasteiger partial charge < -0.3 is 4.79 Å². The maximum Gasteiger partial charge on any atom is 0.126 e. The summed E-state index contributed by atoms with van der Waals surface area (Å²) in [4.78, 5) is 9.44. The Morgan fingerprint density at radius 2 is 1.71 bits per heavy atom. The van der Waals surface area contributed by atoms with Crippen molar-refractivity contribution in [2.45, 2.75) is 13.8 Å². The number of carbonyl (C=O) groups is 1. The van der Waals surface area contributed by atoms with Crippen LogP contribution >= 0.6 is 0 Å². The van der Waals surface area contributed by atoms with Gasteiger partial charge >= 0.3 is 0 Å². The minimum Gasteiger partial charge on any atom is -0.300 e. The first kappa shape index (κ1) is 9.80. The molecule has 0 aromatic carbocycles. The predicted octanol–water partition coefficient (Wildman–Crippen LogP) is 0.0906. The van der Waals surface area contributed by atoms with Crippen LogP contribution in [0.4, 0.5) is 0 Å². The van der Waals surface area contributed by atoms with Gasteiger partial charge in [0.05, 0.1) is 0 Å². The Labute approximate surface area is 47.8 Å². The lowest BCUT2D eigenvalue weighted by Crippen LogP contribution is -1.69. The Balaban J connectivity index is 0. The highest BCUT2D eigenvalue weighted by Crippen LogP contribution is 1.50. The van der Waals surface area contributed by atoms with Crippen molar-refractivity contribution in [2.75, 3.05) is 0 Å². The zero-order chi connectivity index (χ0) is 6.28. The van der Waals surface area contributed by atoms with E-state index in [4.69, 9.17) is 0 Å². The van der Waals surface area contributed by atoms with Crippen LogP contribution in [-0.2, 0) is 4.79 Å². The Bertz CT molecular complexity index is 55.1. The van der Waals surface area contributed by atoms with Crippen LogP contribution in [0.3, 0.4) is 0 Å². The highest BCUT2D eigenvalue weighted by atomic mass is 28.1. The third-order valence-electron chi connectivity index (χ3n) is 0. The van der Waals surface area contributed by atoms with Crippen LogP contribution in [-0.4, -0.2) is 16.0 Å². The molecule has 0 aliphatic carbocycles. The molecule has 7 heavy (non-hydrogen) atoms. The summed E-state index contributed by atoms with van der Waals surface area (Å²) >= 11 is 0. The number of ketones is 1. The molecule has 0 aliphatic rings. The monoisotopic (exact) mass is 116 g/mol. The highest BCUT2D eigenvalue weighted by Gasteiger charge is 1.62. The van der Waals surface area contributed by atoms with Gasteiger partial charge in [-0.3, -0.25) is 0 Å². The molecule has 0 unspecified atom stereocenters. The fourth-order valence-electron chi connectivity index (χ4n) is 0. The van der Waals surface area contributed by atoms with E-state index in [0.29, 0.717) is 0 Å². The standard InChI is InChI=1S/C3H6O.C2H6Si/c1-3(2)4;1-2-3/h1-2H3;2H,1H2,3H3. The largest absolute Gasteiger partial charge is 0.300 e. The maximum absolute atomic E-state index is 9.44. The number of hydrogen-bond donors (Lipinski definition) is 0. The topological polar surface area (TPSA) is 17.1 Å². The van der Waals surface area contributed by atoms with Crippen molar-refractivity contribution in [1.29, 1.82) is 0 Å². The van der Waals surface area contributed by atoms with Crippen molar-refractivity contribution in [3.8, 4) is 0 Å². The van der Waals surface area contributed by atoms with Crippen LogP contribution in [0, 0.1) is 0 Å². The third kappa shape index (κ3) is 532. The quantitative estimate of drug-likeness (QED) is 0.410. The second kappa shape index (κ2) is 9.16. The molecule has 0 aliphatic heterocycles. The molecular weight excluding hydrogens is 104 g/mol. The molecule has 42 valence electrons. The first-order chi connectivity index (χ1) is 3.15. The SMILES string of the molecule is C=C[SiH3].CC(C)=O. The Morgan fingerprint density at radius 3 is 1.71 bits per heavy atom. The number of rotatable bonds is 0. The van der Waals surface area contributed by atoms with E-state index in [9.17, 15) is 4.79 Å². The Hall–Kier alpha value is -0.373. The number of hydrogen-bond acceptors (Lipinski definition) is 1. The molecule has 0 spiro atoms. The van der Waals surface area contributed by atoms with E-state index in [0.717, 1.165) is 10.2 Å². The average molecular weight is 116 g/mol. The van der Waals surface area contributed by atoms with Crippen LogP contribution in [0.25, 0.3) is 0 Å². The van der Waals surface area contributed by atoms with Crippen molar-refractivity contribution in [3.63, 3.8) is 0 Å². The average Bonchev–Trinajstić information content (AvgIpc) is 1.33. The lowest BCUT2D eigenvalue weighted by Gasteiger charge is -1.56. The van der Waals surface area contributed by atoms with Gasteiger partial charge in [-0.2, -0.15) is 0 Å². The second-order valence-electron chi connectivity index (χ2n) is 1.32. The van der Waals surface area contributed by atoms with Crippen LogP contribution in [0.2, 0.25) is 0 Å². The van der Waals surface area contributed by atoms with E-state index in [-0.39, 0.29) is 5.78 Å². The normalized spacial score (nSPS) is 6.00. The molecule has 0 bridgehead atoms. The molecule has 0 atom stereocenters. The van der Waals surface area contributed by atoms with Gasteiger partial charge in [-0.05, 0) is 13.8 Å². The minimum atomic E-state index is 0.167. The smallest absolute Gasteiger partial charge is 0.126 e. The molecule has 0 radical (unpaired) electrons. The number of carbonyl (C=O) groups excluding carboxylic acids is 1. The first-order valence-electron chi connectivity index (χ1n) is 2.19. The first-order valence-corrected chi connectivity index (χ1v) is 3.34. The summed E-state index contributed by atoms with van der Waals surface area (Å²) in [7, 11) is 1.13. The van der Waals surface area contributed by atoms with Crippen LogP contribution < -0.4 is 0 Å². The van der Waals surface area contributed by atoms with Crippen LogP contribution in [0.15, 0.2) is 12.3 Å². The fraction of sp³-hybridized carbons (Fsp3) is 0.400. The van der Waals surface area contributed by atoms with Crippen molar-refractivity contribution < 1.29 is 4.79 Å². The second-order valence-corrected chi connectivity index (χ2v) is 2.13. The van der Waals surface area contributed by atoms with E-state index < -0.39 is 0 Å². The molecule has 0 saturated carbocycles. The summed E-state index contributed by atoms with van der Waals surface area (Å²) in [6.07, 6.45) is 0. The molecule has 0 rings (SSSR count). The van der Waals surface area contributed by atoms with E-state index in [1.165, 1.54) is 13.8 Å². The van der Waals surface area contributed by atoms with Gasteiger partial charge in [0.15, 0.2) is 0 Å². The van der Waals surface area contributed by atoms with Crippen molar-refractivity contribution in [1.82, 2.24) is 0 Å². The molecule has 0 saturated heterocycles. The third-order valence-corrected chi connectivity index (χ3v) is 0. The Kier molecular flexibility index (Phi) is 12.8. The summed E-state index contributed by atoms with van der Waals surface area (Å²) in [5.41, 5.74) is 1.89. The van der Waals surface area contributed by atoms with Crippen molar-refractivity contribution in [2.24, 2.45) is 0 Å². The van der Waals surface area contributed by atoms with Gasteiger partial charge in [-0.1, -0.05) is 0 Å². The van der Waals surface area contributed by atoms with Gasteiger partial charge in [0.2, 0.25) is 0 Å². The van der Waals surface area contributed by atoms with Crippen molar-refractivity contribution in [3.05, 3.63) is 12.3 Å². The summed E-state index contributed by atoms with van der Waals surface area (Å²) in [5.74, 6) is 0.167. The summed E-state index contributed by atoms with van der Waals surface area (Å²) in [6, 6.07) is 0. The maximum atomic E-state index is 9.44. The van der Waals surface area contributed by atoms with E-state index in [1.54, 1.807) is 0 Å². The van der Waals surface area contributed by atoms with Gasteiger partial charge in [-0.15, -0.1) is 12.3 Å². The molecule has 0 N–H and O–H groups in total. The molecule has 0 amide bonds. The van der Waals surface area contributed by atoms with E-state index in [2.05, 4.69) is 6.58 Å². The van der Waals surface area contributed by atoms with Crippen molar-refractivity contribution >= 4 is 16.0 Å². The summed E-state index contributed by atoms with van der Waals surface area (Å²) in [6.45, 7) is 6.48. The highest BCUT2D eigenvalue weighted by molar-refractivity contribution is 6.16. The van der Waals surface area contributed by atoms with E-state index >= 15 is 0 Å². The zero-order valence-electron chi connectivity index (χ0n) is 5.19. The minimum absolute atomic E-state index is 0.167. The lowest BCUT2D eigenvalue weighted by atomic mass is 10.6. The molecule has 0 heterocycles. The van der Waals surface area contributed by atoms with Crippen LogP contribution in [0.5, 0.6) is 0 Å². The van der Waals surface area contributed by atoms with E-state index in [1.807, 2.05) is 5.70 Å². The Morgan fingerprint density at radius 1 is 1.71 bits per heavy atom. The summed E-state index contributed by atoms with van der Waals surface area (Å²) < 4.78 is 0. The zero-order valence-corrected chi connectivity index (χ0v) is 7.19. The molecule has 1 nitrogen and oxygen atoms in total. The number of Topliss-reactive ketones (excluding diaryl/α,β-unsaturated/α-hetero) is 1. The predicted molar refractivity (Wildman–Crippen MR) is 36.5 cm³/mol. The fourth-order valence-corrected chi connectivity index (χ4v) is 0. The molecule has 0 fully saturated rings. The lowest BCUT2D eigenvalue weighted by molar-refractivity contribution is -0.114. The molecule has 2 heteroatoms. The molecular formula is C5H12OSi. The van der Waals surface area contributed by atoms with Gasteiger partial charge in [0.25, 0.3) is 0 Å².